The minimum Gasteiger partial charge on any atom is -0.461 e. The van der Waals surface area contributed by atoms with Crippen LogP contribution in [-0.4, -0.2) is 22.5 Å². The van der Waals surface area contributed by atoms with Crippen LogP contribution in [-0.2, 0) is 4.74 Å². The lowest BCUT2D eigenvalue weighted by atomic mass is 10.5. The van der Waals surface area contributed by atoms with Crippen LogP contribution in [0.4, 0.5) is 0 Å². The molecule has 0 atom stereocenters. The molecular formula is C7H9BrN2O2. The summed E-state index contributed by atoms with van der Waals surface area (Å²) in [5.74, 6) is -0.430. The predicted octanol–water partition coefficient (Wildman–Crippen LogP) is 1.23. The summed E-state index contributed by atoms with van der Waals surface area (Å²) in [7, 11) is 0. The van der Waals surface area contributed by atoms with E-state index < -0.39 is 5.97 Å². The summed E-state index contributed by atoms with van der Waals surface area (Å²) in [5.41, 5.74) is 0.245. The Balaban J connectivity index is 0.00000121. The van der Waals surface area contributed by atoms with E-state index in [0.29, 0.717) is 6.61 Å². The molecule has 4 nitrogen and oxygen atoms in total. The molecule has 5 heteroatoms. The van der Waals surface area contributed by atoms with Crippen molar-refractivity contribution in [1.82, 2.24) is 9.97 Å². The molecule has 0 radical (unpaired) electrons. The highest BCUT2D eigenvalue weighted by Gasteiger charge is 2.05. The molecular weight excluding hydrogens is 224 g/mol. The smallest absolute Gasteiger partial charge is 0.358 e. The lowest BCUT2D eigenvalue weighted by Gasteiger charge is -1.97. The van der Waals surface area contributed by atoms with E-state index in [4.69, 9.17) is 0 Å². The van der Waals surface area contributed by atoms with Crippen molar-refractivity contribution in [2.24, 2.45) is 0 Å². The van der Waals surface area contributed by atoms with Crippen molar-refractivity contribution in [3.8, 4) is 0 Å². The van der Waals surface area contributed by atoms with Gasteiger partial charge >= 0.3 is 5.97 Å². The minimum absolute atomic E-state index is 0. The Morgan fingerprint density at radius 3 is 2.83 bits per heavy atom. The Bertz CT molecular complexity index is 240. The summed E-state index contributed by atoms with van der Waals surface area (Å²) in [5, 5.41) is 0. The second-order valence-electron chi connectivity index (χ2n) is 1.81. The first kappa shape index (κ1) is 11.0. The van der Waals surface area contributed by atoms with Crippen LogP contribution in [0.2, 0.25) is 0 Å². The lowest BCUT2D eigenvalue weighted by molar-refractivity contribution is 0.0519. The van der Waals surface area contributed by atoms with Crippen molar-refractivity contribution in [2.45, 2.75) is 6.92 Å². The second-order valence-corrected chi connectivity index (χ2v) is 1.81. The molecule has 0 aliphatic heterocycles. The first-order valence-corrected chi connectivity index (χ1v) is 3.27. The molecule has 1 aromatic heterocycles. The van der Waals surface area contributed by atoms with Gasteiger partial charge in [-0.25, -0.2) is 9.78 Å². The van der Waals surface area contributed by atoms with Gasteiger partial charge in [-0.3, -0.25) is 4.98 Å². The number of hydrogen-bond donors (Lipinski definition) is 0. The zero-order valence-corrected chi connectivity index (χ0v) is 8.27. The summed E-state index contributed by atoms with van der Waals surface area (Å²) in [6, 6.07) is 0. The quantitative estimate of drug-likeness (QED) is 0.721. The molecule has 0 aliphatic rings. The van der Waals surface area contributed by atoms with Crippen LogP contribution < -0.4 is 0 Å². The molecule has 0 unspecified atom stereocenters. The van der Waals surface area contributed by atoms with Gasteiger partial charge in [0.05, 0.1) is 12.8 Å². The molecule has 1 rings (SSSR count). The van der Waals surface area contributed by atoms with E-state index in [-0.39, 0.29) is 22.7 Å². The van der Waals surface area contributed by atoms with Crippen LogP contribution >= 0.6 is 17.0 Å². The minimum atomic E-state index is -0.430. The lowest BCUT2D eigenvalue weighted by Crippen LogP contribution is -2.06. The van der Waals surface area contributed by atoms with Crippen LogP contribution in [0.3, 0.4) is 0 Å². The molecule has 0 saturated heterocycles. The van der Waals surface area contributed by atoms with Gasteiger partial charge in [0.15, 0.2) is 5.69 Å². The molecule has 12 heavy (non-hydrogen) atoms. The Kier molecular flexibility index (Phi) is 5.19. The molecule has 0 fully saturated rings. The third kappa shape index (κ3) is 2.96. The first-order valence-electron chi connectivity index (χ1n) is 3.27. The first-order chi connectivity index (χ1) is 5.34. The summed E-state index contributed by atoms with van der Waals surface area (Å²) in [6.45, 7) is 2.10. The average Bonchev–Trinajstić information content (AvgIpc) is 2.07. The van der Waals surface area contributed by atoms with E-state index in [1.54, 1.807) is 6.92 Å². The van der Waals surface area contributed by atoms with Crippen molar-refractivity contribution in [3.05, 3.63) is 24.3 Å². The van der Waals surface area contributed by atoms with Crippen LogP contribution in [0.25, 0.3) is 0 Å². The summed E-state index contributed by atoms with van der Waals surface area (Å²) < 4.78 is 4.69. The molecule has 66 valence electrons. The van der Waals surface area contributed by atoms with E-state index in [2.05, 4.69) is 14.7 Å². The maximum atomic E-state index is 10.9. The Morgan fingerprint density at radius 2 is 2.33 bits per heavy atom. The van der Waals surface area contributed by atoms with Gasteiger partial charge in [0.2, 0.25) is 0 Å². The van der Waals surface area contributed by atoms with Crippen molar-refractivity contribution < 1.29 is 9.53 Å². The summed E-state index contributed by atoms with van der Waals surface area (Å²) in [6.07, 6.45) is 4.33. The number of ether oxygens (including phenoxy) is 1. The molecule has 0 amide bonds. The van der Waals surface area contributed by atoms with Crippen LogP contribution in [0.5, 0.6) is 0 Å². The Hall–Kier alpha value is -0.970. The zero-order valence-electron chi connectivity index (χ0n) is 6.56. The van der Waals surface area contributed by atoms with Gasteiger partial charge in [-0.05, 0) is 6.92 Å². The second kappa shape index (κ2) is 5.65. The van der Waals surface area contributed by atoms with Gasteiger partial charge in [-0.1, -0.05) is 0 Å². The number of hydrogen-bond acceptors (Lipinski definition) is 4. The highest BCUT2D eigenvalue weighted by molar-refractivity contribution is 8.93. The number of carbonyl (C=O) groups is 1. The Labute approximate surface area is 80.8 Å². The fourth-order valence-electron chi connectivity index (χ4n) is 0.610. The maximum Gasteiger partial charge on any atom is 0.358 e. The number of esters is 1. The standard InChI is InChI=1S/C7H8N2O2.BrH/c1-2-11-7(10)6-5-8-3-4-9-6;/h3-5H,2H2,1H3;1H. The third-order valence-electron chi connectivity index (χ3n) is 1.05. The number of carbonyl (C=O) groups excluding carboxylic acids is 1. The SMILES string of the molecule is Br.CCOC(=O)c1cnccn1. The van der Waals surface area contributed by atoms with Crippen molar-refractivity contribution in [2.75, 3.05) is 6.61 Å². The number of nitrogens with zero attached hydrogens (tertiary/aromatic N) is 2. The highest BCUT2D eigenvalue weighted by Crippen LogP contribution is 1.92. The van der Waals surface area contributed by atoms with E-state index in [0.717, 1.165) is 0 Å². The van der Waals surface area contributed by atoms with Gasteiger partial charge in [0.1, 0.15) is 0 Å². The average molecular weight is 233 g/mol. The fourth-order valence-corrected chi connectivity index (χ4v) is 0.610. The van der Waals surface area contributed by atoms with Gasteiger partial charge in [-0.2, -0.15) is 0 Å². The fraction of sp³-hybridized carbons (Fsp3) is 0.286. The molecule has 1 heterocycles. The Morgan fingerprint density at radius 1 is 1.58 bits per heavy atom. The van der Waals surface area contributed by atoms with Gasteiger partial charge in [0, 0.05) is 12.4 Å². The maximum absolute atomic E-state index is 10.9. The van der Waals surface area contributed by atoms with Crippen LogP contribution in [0.1, 0.15) is 17.4 Å². The predicted molar refractivity (Wildman–Crippen MR) is 48.3 cm³/mol. The van der Waals surface area contributed by atoms with Crippen molar-refractivity contribution in [1.29, 1.82) is 0 Å². The van der Waals surface area contributed by atoms with Gasteiger partial charge in [-0.15, -0.1) is 17.0 Å². The monoisotopic (exact) mass is 232 g/mol. The summed E-state index contributed by atoms with van der Waals surface area (Å²) in [4.78, 5) is 18.4. The molecule has 0 aromatic carbocycles. The largest absolute Gasteiger partial charge is 0.461 e. The van der Waals surface area contributed by atoms with Crippen molar-refractivity contribution >= 4 is 23.0 Å². The van der Waals surface area contributed by atoms with Gasteiger partial charge in [0.25, 0.3) is 0 Å². The van der Waals surface area contributed by atoms with Gasteiger partial charge < -0.3 is 4.74 Å². The van der Waals surface area contributed by atoms with Crippen LogP contribution in [0.15, 0.2) is 18.6 Å². The van der Waals surface area contributed by atoms with E-state index >= 15 is 0 Å². The molecule has 0 N–H and O–H groups in total. The van der Waals surface area contributed by atoms with E-state index in [9.17, 15) is 4.79 Å². The van der Waals surface area contributed by atoms with Crippen LogP contribution in [0, 0.1) is 0 Å². The summed E-state index contributed by atoms with van der Waals surface area (Å²) >= 11 is 0. The highest BCUT2D eigenvalue weighted by atomic mass is 79.9. The van der Waals surface area contributed by atoms with E-state index in [1.807, 2.05) is 0 Å². The molecule has 0 aliphatic carbocycles. The third-order valence-corrected chi connectivity index (χ3v) is 1.05. The number of rotatable bonds is 2. The molecule has 0 bridgehead atoms. The molecule has 0 spiro atoms. The molecule has 0 saturated carbocycles. The zero-order chi connectivity index (χ0) is 8.10. The van der Waals surface area contributed by atoms with Crippen molar-refractivity contribution in [3.63, 3.8) is 0 Å². The number of halogens is 1. The number of aromatic nitrogens is 2. The van der Waals surface area contributed by atoms with E-state index in [1.165, 1.54) is 18.6 Å². The molecule has 1 aromatic rings. The topological polar surface area (TPSA) is 52.1 Å². The normalized spacial score (nSPS) is 8.42.